The van der Waals surface area contributed by atoms with Crippen LogP contribution in [0.3, 0.4) is 0 Å². The molecule has 0 fully saturated rings. The lowest BCUT2D eigenvalue weighted by atomic mass is 10.0. The molecule has 0 aliphatic heterocycles. The maximum Gasteiger partial charge on any atom is 0.0762 e. The molecule has 1 aromatic carbocycles. The van der Waals surface area contributed by atoms with E-state index in [9.17, 15) is 5.11 Å². The summed E-state index contributed by atoms with van der Waals surface area (Å²) in [7, 11) is 0. The molecule has 3 heteroatoms. The summed E-state index contributed by atoms with van der Waals surface area (Å²) in [5.74, 6) is 0.739. The molecule has 0 aliphatic carbocycles. The fourth-order valence-electron chi connectivity index (χ4n) is 2.30. The summed E-state index contributed by atoms with van der Waals surface area (Å²) in [6, 6.07) is 6.15. The summed E-state index contributed by atoms with van der Waals surface area (Å²) in [6.45, 7) is 10.6. The average molecular weight is 328 g/mol. The molecule has 1 atom stereocenters. The van der Waals surface area contributed by atoms with E-state index in [1.165, 1.54) is 18.5 Å². The highest BCUT2D eigenvalue weighted by atomic mass is 79.9. The van der Waals surface area contributed by atoms with Gasteiger partial charge >= 0.3 is 0 Å². The molecule has 0 aliphatic rings. The van der Waals surface area contributed by atoms with E-state index in [1.807, 2.05) is 12.1 Å². The maximum absolute atomic E-state index is 9.62. The Bertz CT molecular complexity index is 388. The molecule has 19 heavy (non-hydrogen) atoms. The Morgan fingerprint density at radius 3 is 2.26 bits per heavy atom. The Kier molecular flexibility index (Phi) is 6.87. The smallest absolute Gasteiger partial charge is 0.0762 e. The van der Waals surface area contributed by atoms with Crippen LogP contribution in [0.4, 0.5) is 5.69 Å². The van der Waals surface area contributed by atoms with Crippen LogP contribution in [0.15, 0.2) is 22.7 Å². The Balaban J connectivity index is 2.92. The molecule has 0 bridgehead atoms. The number of hydrogen-bond donors (Lipinski definition) is 1. The molecule has 1 aromatic rings. The van der Waals surface area contributed by atoms with Gasteiger partial charge in [-0.1, -0.05) is 32.8 Å². The zero-order valence-corrected chi connectivity index (χ0v) is 14.1. The monoisotopic (exact) mass is 327 g/mol. The molecule has 108 valence electrons. The highest BCUT2D eigenvalue weighted by Crippen LogP contribution is 2.30. The first-order chi connectivity index (χ1) is 9.03. The van der Waals surface area contributed by atoms with E-state index < -0.39 is 6.10 Å². The van der Waals surface area contributed by atoms with Crippen molar-refractivity contribution in [1.29, 1.82) is 0 Å². The SMILES string of the molecule is CCC(CC)CN(CC)c1ccc(C(C)O)cc1Br. The van der Waals surface area contributed by atoms with Crippen molar-refractivity contribution in [3.05, 3.63) is 28.2 Å². The number of hydrogen-bond acceptors (Lipinski definition) is 2. The Morgan fingerprint density at radius 2 is 1.84 bits per heavy atom. The molecular formula is C16H26BrNO. The number of rotatable bonds is 7. The van der Waals surface area contributed by atoms with Gasteiger partial charge in [-0.15, -0.1) is 0 Å². The van der Waals surface area contributed by atoms with Gasteiger partial charge in [-0.05, 0) is 53.4 Å². The third-order valence-corrected chi connectivity index (χ3v) is 4.44. The van der Waals surface area contributed by atoms with Crippen LogP contribution in [-0.4, -0.2) is 18.2 Å². The summed E-state index contributed by atoms with van der Waals surface area (Å²) in [6.07, 6.45) is 2.02. The zero-order chi connectivity index (χ0) is 14.4. The molecule has 0 spiro atoms. The van der Waals surface area contributed by atoms with Crippen LogP contribution in [0.1, 0.15) is 52.2 Å². The second kappa shape index (κ2) is 7.91. The van der Waals surface area contributed by atoms with Gasteiger partial charge in [0.05, 0.1) is 11.8 Å². The van der Waals surface area contributed by atoms with Gasteiger partial charge in [-0.25, -0.2) is 0 Å². The Hall–Kier alpha value is -0.540. The van der Waals surface area contributed by atoms with Crippen molar-refractivity contribution in [2.45, 2.75) is 46.6 Å². The van der Waals surface area contributed by atoms with Crippen LogP contribution in [0.25, 0.3) is 0 Å². The predicted octanol–water partition coefficient (Wildman–Crippen LogP) is 4.76. The number of benzene rings is 1. The van der Waals surface area contributed by atoms with Crippen molar-refractivity contribution in [3.8, 4) is 0 Å². The summed E-state index contributed by atoms with van der Waals surface area (Å²) in [5, 5.41) is 9.62. The molecule has 2 nitrogen and oxygen atoms in total. The van der Waals surface area contributed by atoms with Gasteiger partial charge in [0.15, 0.2) is 0 Å². The number of aliphatic hydroxyl groups excluding tert-OH is 1. The van der Waals surface area contributed by atoms with Gasteiger partial charge < -0.3 is 10.0 Å². The highest BCUT2D eigenvalue weighted by molar-refractivity contribution is 9.10. The van der Waals surface area contributed by atoms with Gasteiger partial charge in [-0.2, -0.15) is 0 Å². The molecule has 1 rings (SSSR count). The van der Waals surface area contributed by atoms with Crippen molar-refractivity contribution >= 4 is 21.6 Å². The van der Waals surface area contributed by atoms with Gasteiger partial charge in [0.1, 0.15) is 0 Å². The highest BCUT2D eigenvalue weighted by Gasteiger charge is 2.14. The predicted molar refractivity (Wildman–Crippen MR) is 86.7 cm³/mol. The molecule has 1 N–H and O–H groups in total. The van der Waals surface area contributed by atoms with Crippen LogP contribution in [0.5, 0.6) is 0 Å². The van der Waals surface area contributed by atoms with Crippen LogP contribution < -0.4 is 4.90 Å². The van der Waals surface area contributed by atoms with Crippen molar-refractivity contribution < 1.29 is 5.11 Å². The number of nitrogens with zero attached hydrogens (tertiary/aromatic N) is 1. The fraction of sp³-hybridized carbons (Fsp3) is 0.625. The summed E-state index contributed by atoms with van der Waals surface area (Å²) in [5.41, 5.74) is 2.17. The van der Waals surface area contributed by atoms with E-state index in [4.69, 9.17) is 0 Å². The van der Waals surface area contributed by atoms with E-state index in [0.717, 1.165) is 29.0 Å². The van der Waals surface area contributed by atoms with Crippen LogP contribution in [0.2, 0.25) is 0 Å². The quantitative estimate of drug-likeness (QED) is 0.780. The molecule has 0 heterocycles. The molecule has 0 saturated heterocycles. The topological polar surface area (TPSA) is 23.5 Å². The van der Waals surface area contributed by atoms with Crippen molar-refractivity contribution in [3.63, 3.8) is 0 Å². The Labute approximate surface area is 126 Å². The minimum absolute atomic E-state index is 0.417. The van der Waals surface area contributed by atoms with E-state index in [1.54, 1.807) is 6.92 Å². The van der Waals surface area contributed by atoms with Gasteiger partial charge in [0.25, 0.3) is 0 Å². The van der Waals surface area contributed by atoms with E-state index >= 15 is 0 Å². The number of halogens is 1. The van der Waals surface area contributed by atoms with Crippen LogP contribution in [0, 0.1) is 5.92 Å². The molecular weight excluding hydrogens is 302 g/mol. The van der Waals surface area contributed by atoms with Crippen molar-refractivity contribution in [2.24, 2.45) is 5.92 Å². The average Bonchev–Trinajstić information content (AvgIpc) is 2.41. The van der Waals surface area contributed by atoms with Crippen LogP contribution in [-0.2, 0) is 0 Å². The van der Waals surface area contributed by atoms with Crippen LogP contribution >= 0.6 is 15.9 Å². The Morgan fingerprint density at radius 1 is 1.21 bits per heavy atom. The second-order valence-corrected chi connectivity index (χ2v) is 5.96. The molecule has 1 unspecified atom stereocenters. The largest absolute Gasteiger partial charge is 0.389 e. The summed E-state index contributed by atoms with van der Waals surface area (Å²) in [4.78, 5) is 2.41. The van der Waals surface area contributed by atoms with Gasteiger partial charge in [-0.3, -0.25) is 0 Å². The minimum atomic E-state index is -0.417. The van der Waals surface area contributed by atoms with Crippen molar-refractivity contribution in [2.75, 3.05) is 18.0 Å². The first kappa shape index (κ1) is 16.5. The van der Waals surface area contributed by atoms with Gasteiger partial charge in [0.2, 0.25) is 0 Å². The van der Waals surface area contributed by atoms with E-state index in [0.29, 0.717) is 0 Å². The number of aliphatic hydroxyl groups is 1. The molecule has 0 radical (unpaired) electrons. The summed E-state index contributed by atoms with van der Waals surface area (Å²) < 4.78 is 1.07. The maximum atomic E-state index is 9.62. The normalized spacial score (nSPS) is 12.8. The molecule has 0 amide bonds. The first-order valence-electron chi connectivity index (χ1n) is 7.25. The van der Waals surface area contributed by atoms with E-state index in [-0.39, 0.29) is 0 Å². The fourth-order valence-corrected chi connectivity index (χ4v) is 2.94. The molecule has 0 saturated carbocycles. The zero-order valence-electron chi connectivity index (χ0n) is 12.5. The lowest BCUT2D eigenvalue weighted by Gasteiger charge is -2.28. The third kappa shape index (κ3) is 4.50. The molecule has 0 aromatic heterocycles. The minimum Gasteiger partial charge on any atom is -0.389 e. The third-order valence-electron chi connectivity index (χ3n) is 3.81. The van der Waals surface area contributed by atoms with Gasteiger partial charge in [0, 0.05) is 17.6 Å². The van der Waals surface area contributed by atoms with E-state index in [2.05, 4.69) is 47.7 Å². The lowest BCUT2D eigenvalue weighted by Crippen LogP contribution is -2.29. The number of anilines is 1. The first-order valence-corrected chi connectivity index (χ1v) is 8.05. The standard InChI is InChI=1S/C16H26BrNO/c1-5-13(6-2)11-18(7-3)16-9-8-14(12(4)19)10-15(16)17/h8-10,12-13,19H,5-7,11H2,1-4H3. The van der Waals surface area contributed by atoms with Crippen molar-refractivity contribution in [1.82, 2.24) is 0 Å². The second-order valence-electron chi connectivity index (χ2n) is 5.11. The lowest BCUT2D eigenvalue weighted by molar-refractivity contribution is 0.199. The summed E-state index contributed by atoms with van der Waals surface area (Å²) >= 11 is 3.64.